The quantitative estimate of drug-likeness (QED) is 0.783. The average Bonchev–Trinajstić information content (AvgIpc) is 3.26. The van der Waals surface area contributed by atoms with Crippen LogP contribution in [0.2, 0.25) is 0 Å². The maximum Gasteiger partial charge on any atom is 0.245 e. The van der Waals surface area contributed by atoms with Gasteiger partial charge in [-0.15, -0.1) is 0 Å². The predicted molar refractivity (Wildman–Crippen MR) is 89.0 cm³/mol. The van der Waals surface area contributed by atoms with Crippen molar-refractivity contribution in [2.24, 2.45) is 0 Å². The average molecular weight is 338 g/mol. The van der Waals surface area contributed by atoms with Crippen molar-refractivity contribution in [3.63, 3.8) is 0 Å². The number of fused-ring (bicyclic) bond motifs is 2. The Labute approximate surface area is 145 Å². The Balaban J connectivity index is 1.64. The number of allylic oxidation sites excluding steroid dienone is 2. The SMILES string of the molecule is CN1CC(=O)N2[C@H](CC3=C(CC=C3)[C@H]2c2ccc3c(c2)OCO3)C1=O. The highest BCUT2D eigenvalue weighted by Crippen LogP contribution is 2.46. The summed E-state index contributed by atoms with van der Waals surface area (Å²) in [4.78, 5) is 28.8. The molecule has 1 aliphatic carbocycles. The van der Waals surface area contributed by atoms with Gasteiger partial charge in [0.1, 0.15) is 6.04 Å². The lowest BCUT2D eigenvalue weighted by atomic mass is 9.84. The van der Waals surface area contributed by atoms with Crippen molar-refractivity contribution in [1.29, 1.82) is 0 Å². The Kier molecular flexibility index (Phi) is 2.98. The Morgan fingerprint density at radius 3 is 2.88 bits per heavy atom. The molecule has 1 aromatic carbocycles. The van der Waals surface area contributed by atoms with Gasteiger partial charge in [0.2, 0.25) is 18.6 Å². The molecule has 0 saturated carbocycles. The summed E-state index contributed by atoms with van der Waals surface area (Å²) in [6.07, 6.45) is 5.62. The van der Waals surface area contributed by atoms with Crippen LogP contribution >= 0.6 is 0 Å². The van der Waals surface area contributed by atoms with Crippen molar-refractivity contribution in [3.05, 3.63) is 47.1 Å². The number of nitrogens with zero attached hydrogens (tertiary/aromatic N) is 2. The van der Waals surface area contributed by atoms with E-state index in [4.69, 9.17) is 9.47 Å². The van der Waals surface area contributed by atoms with Crippen LogP contribution in [0.25, 0.3) is 0 Å². The van der Waals surface area contributed by atoms with E-state index in [-0.39, 0.29) is 31.2 Å². The topological polar surface area (TPSA) is 59.1 Å². The molecular weight excluding hydrogens is 320 g/mol. The Bertz CT molecular complexity index is 857. The molecule has 3 heterocycles. The van der Waals surface area contributed by atoms with Gasteiger partial charge in [-0.3, -0.25) is 9.59 Å². The summed E-state index contributed by atoms with van der Waals surface area (Å²) in [6, 6.07) is 5.15. The van der Waals surface area contributed by atoms with Gasteiger partial charge in [0, 0.05) is 13.5 Å². The molecule has 0 spiro atoms. The number of hydrogen-bond acceptors (Lipinski definition) is 4. The zero-order valence-corrected chi connectivity index (χ0v) is 13.9. The maximum atomic E-state index is 12.8. The fraction of sp³-hybridized carbons (Fsp3) is 0.368. The van der Waals surface area contributed by atoms with Crippen LogP contribution in [0.3, 0.4) is 0 Å². The van der Waals surface area contributed by atoms with E-state index in [1.54, 1.807) is 11.9 Å². The van der Waals surface area contributed by atoms with E-state index in [2.05, 4.69) is 12.2 Å². The number of benzene rings is 1. The van der Waals surface area contributed by atoms with Gasteiger partial charge in [-0.1, -0.05) is 18.2 Å². The molecule has 0 aromatic heterocycles. The van der Waals surface area contributed by atoms with Crippen LogP contribution in [-0.4, -0.2) is 48.0 Å². The molecule has 1 aromatic rings. The molecule has 0 bridgehead atoms. The summed E-state index contributed by atoms with van der Waals surface area (Å²) in [6.45, 7) is 0.347. The van der Waals surface area contributed by atoms with Crippen LogP contribution in [0.15, 0.2) is 41.5 Å². The number of ether oxygens (including phenoxy) is 2. The zero-order chi connectivity index (χ0) is 17.1. The number of carbonyl (C=O) groups is 2. The van der Waals surface area contributed by atoms with Gasteiger partial charge in [-0.25, -0.2) is 0 Å². The second-order valence-electron chi connectivity index (χ2n) is 6.89. The standard InChI is InChI=1S/C19H18N2O4/c1-20-9-17(22)21-14(19(20)23)7-11-3-2-4-13(11)18(21)12-5-6-15-16(8-12)25-10-24-15/h2-3,5-6,8,14,18H,4,7,9-10H2,1H3/t14-,18-/m1/s1. The molecule has 4 aliphatic rings. The first-order chi connectivity index (χ1) is 12.1. The van der Waals surface area contributed by atoms with Crippen LogP contribution < -0.4 is 9.47 Å². The monoisotopic (exact) mass is 338 g/mol. The van der Waals surface area contributed by atoms with Crippen LogP contribution in [0.5, 0.6) is 11.5 Å². The highest BCUT2D eigenvalue weighted by Gasteiger charge is 2.47. The van der Waals surface area contributed by atoms with Crippen molar-refractivity contribution < 1.29 is 19.1 Å². The van der Waals surface area contributed by atoms with E-state index in [9.17, 15) is 9.59 Å². The first-order valence-electron chi connectivity index (χ1n) is 8.47. The van der Waals surface area contributed by atoms with E-state index in [1.807, 2.05) is 18.2 Å². The third-order valence-corrected chi connectivity index (χ3v) is 5.46. The lowest BCUT2D eigenvalue weighted by Crippen LogP contribution is -2.61. The molecule has 2 amide bonds. The zero-order valence-electron chi connectivity index (χ0n) is 13.9. The molecule has 0 radical (unpaired) electrons. The minimum Gasteiger partial charge on any atom is -0.454 e. The molecule has 6 nitrogen and oxygen atoms in total. The van der Waals surface area contributed by atoms with Gasteiger partial charge in [-0.2, -0.15) is 0 Å². The molecule has 0 unspecified atom stereocenters. The van der Waals surface area contributed by atoms with Crippen molar-refractivity contribution >= 4 is 11.8 Å². The van der Waals surface area contributed by atoms with Crippen LogP contribution in [0, 0.1) is 0 Å². The second kappa shape index (κ2) is 5.12. The lowest BCUT2D eigenvalue weighted by molar-refractivity contribution is -0.157. The summed E-state index contributed by atoms with van der Waals surface area (Å²) >= 11 is 0. The predicted octanol–water partition coefficient (Wildman–Crippen LogP) is 1.79. The minimum atomic E-state index is -0.428. The summed E-state index contributed by atoms with van der Waals surface area (Å²) in [5.41, 5.74) is 3.36. The third-order valence-electron chi connectivity index (χ3n) is 5.46. The molecule has 1 fully saturated rings. The Morgan fingerprint density at radius 2 is 2.00 bits per heavy atom. The Morgan fingerprint density at radius 1 is 1.16 bits per heavy atom. The van der Waals surface area contributed by atoms with Crippen molar-refractivity contribution in [2.45, 2.75) is 24.9 Å². The number of likely N-dealkylation sites (N-methyl/N-ethyl adjacent to an activating group) is 1. The molecule has 1 saturated heterocycles. The van der Waals surface area contributed by atoms with Gasteiger partial charge < -0.3 is 19.3 Å². The molecule has 2 atom stereocenters. The van der Waals surface area contributed by atoms with Gasteiger partial charge >= 0.3 is 0 Å². The van der Waals surface area contributed by atoms with Gasteiger partial charge in [-0.05, 0) is 35.3 Å². The summed E-state index contributed by atoms with van der Waals surface area (Å²) < 4.78 is 10.9. The first kappa shape index (κ1) is 14.6. The number of rotatable bonds is 1. The van der Waals surface area contributed by atoms with Crippen LogP contribution in [0.1, 0.15) is 24.4 Å². The van der Waals surface area contributed by atoms with Gasteiger partial charge in [0.25, 0.3) is 0 Å². The number of piperazine rings is 1. The van der Waals surface area contributed by atoms with Crippen molar-refractivity contribution in [3.8, 4) is 11.5 Å². The second-order valence-corrected chi connectivity index (χ2v) is 6.89. The number of amides is 2. The highest BCUT2D eigenvalue weighted by atomic mass is 16.7. The molecular formula is C19H18N2O4. The normalized spacial score (nSPS) is 27.1. The molecule has 3 aliphatic heterocycles. The highest BCUT2D eigenvalue weighted by molar-refractivity contribution is 5.96. The summed E-state index contributed by atoms with van der Waals surface area (Å²) in [5, 5.41) is 0. The molecule has 6 heteroatoms. The van der Waals surface area contributed by atoms with E-state index in [0.29, 0.717) is 12.2 Å². The third kappa shape index (κ3) is 2.03. The fourth-order valence-corrected chi connectivity index (χ4v) is 4.29. The first-order valence-corrected chi connectivity index (χ1v) is 8.47. The van der Waals surface area contributed by atoms with E-state index in [0.717, 1.165) is 17.7 Å². The van der Waals surface area contributed by atoms with Gasteiger partial charge in [0.15, 0.2) is 11.5 Å². The minimum absolute atomic E-state index is 0.00628. The molecule has 128 valence electrons. The smallest absolute Gasteiger partial charge is 0.245 e. The maximum absolute atomic E-state index is 12.8. The van der Waals surface area contributed by atoms with Crippen molar-refractivity contribution in [2.75, 3.05) is 20.4 Å². The Hall–Kier alpha value is -2.76. The number of hydrogen-bond donors (Lipinski definition) is 0. The summed E-state index contributed by atoms with van der Waals surface area (Å²) in [7, 11) is 1.70. The molecule has 0 N–H and O–H groups in total. The van der Waals surface area contributed by atoms with E-state index < -0.39 is 6.04 Å². The summed E-state index contributed by atoms with van der Waals surface area (Å²) in [5.74, 6) is 1.42. The van der Waals surface area contributed by atoms with E-state index in [1.165, 1.54) is 16.0 Å². The molecule has 5 rings (SSSR count). The molecule has 25 heavy (non-hydrogen) atoms. The van der Waals surface area contributed by atoms with Crippen LogP contribution in [-0.2, 0) is 9.59 Å². The number of carbonyl (C=O) groups excluding carboxylic acids is 2. The van der Waals surface area contributed by atoms with Gasteiger partial charge in [0.05, 0.1) is 12.6 Å². The van der Waals surface area contributed by atoms with E-state index >= 15 is 0 Å². The van der Waals surface area contributed by atoms with Crippen LogP contribution in [0.4, 0.5) is 0 Å². The largest absolute Gasteiger partial charge is 0.454 e. The lowest BCUT2D eigenvalue weighted by Gasteiger charge is -2.47. The van der Waals surface area contributed by atoms with Crippen molar-refractivity contribution in [1.82, 2.24) is 9.80 Å². The fourth-order valence-electron chi connectivity index (χ4n) is 4.29.